The Balaban J connectivity index is 1.60. The SMILES string of the molecule is COc1ccc(/C(C)=N\NC(=O)c2ccc3c(c2)OCO3)c2ccccc12. The summed E-state index contributed by atoms with van der Waals surface area (Å²) < 4.78 is 16.0. The van der Waals surface area contributed by atoms with E-state index in [-0.39, 0.29) is 12.7 Å². The number of ether oxygens (including phenoxy) is 3. The standard InChI is InChI=1S/C21H18N2O4/c1-13(15-8-10-18(25-2)17-6-4-3-5-16(15)17)22-23-21(24)14-7-9-19-20(11-14)27-12-26-19/h3-11H,12H2,1-2H3,(H,23,24)/b22-13-. The molecule has 1 N–H and O–H groups in total. The predicted octanol–water partition coefficient (Wildman–Crippen LogP) is 3.73. The minimum atomic E-state index is -0.314. The maximum absolute atomic E-state index is 12.4. The van der Waals surface area contributed by atoms with Crippen LogP contribution in [0.5, 0.6) is 17.2 Å². The molecule has 27 heavy (non-hydrogen) atoms. The van der Waals surface area contributed by atoms with Crippen molar-refractivity contribution in [1.29, 1.82) is 0 Å². The van der Waals surface area contributed by atoms with Gasteiger partial charge in [-0.1, -0.05) is 24.3 Å². The van der Waals surface area contributed by atoms with Crippen LogP contribution in [0, 0.1) is 0 Å². The number of methoxy groups -OCH3 is 1. The minimum Gasteiger partial charge on any atom is -0.496 e. The first-order valence-corrected chi connectivity index (χ1v) is 8.48. The Hall–Kier alpha value is -3.54. The number of fused-ring (bicyclic) bond motifs is 2. The van der Waals surface area contributed by atoms with Crippen molar-refractivity contribution in [2.45, 2.75) is 6.92 Å². The van der Waals surface area contributed by atoms with Gasteiger partial charge in [0, 0.05) is 16.5 Å². The molecule has 0 aromatic heterocycles. The molecule has 0 unspecified atom stereocenters. The molecule has 0 radical (unpaired) electrons. The van der Waals surface area contributed by atoms with E-state index in [1.165, 1.54) is 0 Å². The number of carbonyl (C=O) groups is 1. The average molecular weight is 362 g/mol. The number of amides is 1. The van der Waals surface area contributed by atoms with Crippen molar-refractivity contribution < 1.29 is 19.0 Å². The van der Waals surface area contributed by atoms with Crippen molar-refractivity contribution in [3.63, 3.8) is 0 Å². The van der Waals surface area contributed by atoms with E-state index in [0.717, 1.165) is 22.1 Å². The van der Waals surface area contributed by atoms with Gasteiger partial charge in [-0.2, -0.15) is 5.10 Å². The zero-order chi connectivity index (χ0) is 18.8. The molecule has 4 rings (SSSR count). The highest BCUT2D eigenvalue weighted by molar-refractivity contribution is 6.11. The van der Waals surface area contributed by atoms with Crippen LogP contribution in [-0.4, -0.2) is 25.5 Å². The predicted molar refractivity (Wildman–Crippen MR) is 103 cm³/mol. The van der Waals surface area contributed by atoms with Gasteiger partial charge in [0.2, 0.25) is 6.79 Å². The van der Waals surface area contributed by atoms with Crippen LogP contribution in [0.15, 0.2) is 59.7 Å². The second-order valence-electron chi connectivity index (χ2n) is 6.07. The summed E-state index contributed by atoms with van der Waals surface area (Å²) in [6, 6.07) is 16.8. The molecule has 1 aliphatic heterocycles. The monoisotopic (exact) mass is 362 g/mol. The first-order valence-electron chi connectivity index (χ1n) is 8.48. The molecule has 0 fully saturated rings. The number of hydrogen-bond acceptors (Lipinski definition) is 5. The molecule has 6 nitrogen and oxygen atoms in total. The summed E-state index contributed by atoms with van der Waals surface area (Å²) >= 11 is 0. The Kier molecular flexibility index (Phi) is 4.38. The van der Waals surface area contributed by atoms with Gasteiger partial charge in [0.25, 0.3) is 5.91 Å². The third-order valence-electron chi connectivity index (χ3n) is 4.45. The second kappa shape index (κ2) is 6.99. The van der Waals surface area contributed by atoms with E-state index in [2.05, 4.69) is 10.5 Å². The fourth-order valence-electron chi connectivity index (χ4n) is 3.06. The first kappa shape index (κ1) is 16.9. The van der Waals surface area contributed by atoms with Crippen LogP contribution in [0.4, 0.5) is 0 Å². The Morgan fingerprint density at radius 3 is 2.63 bits per heavy atom. The molecule has 0 aliphatic carbocycles. The molecule has 3 aromatic carbocycles. The lowest BCUT2D eigenvalue weighted by Crippen LogP contribution is -2.19. The Bertz CT molecular complexity index is 1060. The third-order valence-corrected chi connectivity index (χ3v) is 4.45. The molecule has 136 valence electrons. The molecule has 0 saturated heterocycles. The fourth-order valence-corrected chi connectivity index (χ4v) is 3.06. The molecule has 0 bridgehead atoms. The maximum atomic E-state index is 12.4. The Morgan fingerprint density at radius 2 is 1.81 bits per heavy atom. The summed E-state index contributed by atoms with van der Waals surface area (Å²) in [5, 5.41) is 6.28. The smallest absolute Gasteiger partial charge is 0.271 e. The number of benzene rings is 3. The maximum Gasteiger partial charge on any atom is 0.271 e. The van der Waals surface area contributed by atoms with E-state index in [0.29, 0.717) is 22.8 Å². The number of rotatable bonds is 4. The minimum absolute atomic E-state index is 0.169. The number of nitrogens with one attached hydrogen (secondary N) is 1. The largest absolute Gasteiger partial charge is 0.496 e. The normalized spacial score (nSPS) is 12.9. The van der Waals surface area contributed by atoms with Crippen molar-refractivity contribution in [3.05, 3.63) is 65.7 Å². The van der Waals surface area contributed by atoms with Crippen LogP contribution in [0.25, 0.3) is 10.8 Å². The lowest BCUT2D eigenvalue weighted by Gasteiger charge is -2.10. The van der Waals surface area contributed by atoms with Gasteiger partial charge in [-0.25, -0.2) is 5.43 Å². The molecule has 1 amide bonds. The quantitative estimate of drug-likeness (QED) is 0.567. The van der Waals surface area contributed by atoms with Gasteiger partial charge in [-0.05, 0) is 42.6 Å². The van der Waals surface area contributed by atoms with Gasteiger partial charge in [-0.15, -0.1) is 0 Å². The summed E-state index contributed by atoms with van der Waals surface area (Å²) in [4.78, 5) is 12.4. The van der Waals surface area contributed by atoms with E-state index in [4.69, 9.17) is 14.2 Å². The highest BCUT2D eigenvalue weighted by Gasteiger charge is 2.16. The van der Waals surface area contributed by atoms with E-state index in [1.807, 2.05) is 43.3 Å². The highest BCUT2D eigenvalue weighted by Crippen LogP contribution is 2.32. The molecule has 1 heterocycles. The van der Waals surface area contributed by atoms with Crippen LogP contribution in [-0.2, 0) is 0 Å². The van der Waals surface area contributed by atoms with Crippen LogP contribution < -0.4 is 19.6 Å². The molecule has 0 atom stereocenters. The summed E-state index contributed by atoms with van der Waals surface area (Å²) in [5.41, 5.74) is 4.68. The third kappa shape index (κ3) is 3.17. The van der Waals surface area contributed by atoms with Crippen LogP contribution in [0.3, 0.4) is 0 Å². The summed E-state index contributed by atoms with van der Waals surface area (Å²) in [5.74, 6) is 1.68. The number of nitrogens with zero attached hydrogens (tertiary/aromatic N) is 1. The molecule has 0 spiro atoms. The molecule has 6 heteroatoms. The molecular formula is C21H18N2O4. The van der Waals surface area contributed by atoms with E-state index < -0.39 is 0 Å². The van der Waals surface area contributed by atoms with Crippen LogP contribution in [0.2, 0.25) is 0 Å². The molecule has 0 saturated carbocycles. The fraction of sp³-hybridized carbons (Fsp3) is 0.143. The van der Waals surface area contributed by atoms with Crippen LogP contribution in [0.1, 0.15) is 22.8 Å². The molecular weight excluding hydrogens is 344 g/mol. The number of carbonyl (C=O) groups excluding carboxylic acids is 1. The summed E-state index contributed by atoms with van der Waals surface area (Å²) in [7, 11) is 1.65. The zero-order valence-electron chi connectivity index (χ0n) is 15.0. The summed E-state index contributed by atoms with van der Waals surface area (Å²) in [6.45, 7) is 2.02. The second-order valence-corrected chi connectivity index (χ2v) is 6.07. The first-order chi connectivity index (χ1) is 13.2. The van der Waals surface area contributed by atoms with Gasteiger partial charge < -0.3 is 14.2 Å². The van der Waals surface area contributed by atoms with E-state index in [1.54, 1.807) is 25.3 Å². The zero-order valence-corrected chi connectivity index (χ0v) is 15.0. The number of hydrogen-bond donors (Lipinski definition) is 1. The van der Waals surface area contributed by atoms with E-state index in [9.17, 15) is 4.79 Å². The Morgan fingerprint density at radius 1 is 1.04 bits per heavy atom. The van der Waals surface area contributed by atoms with E-state index >= 15 is 0 Å². The van der Waals surface area contributed by atoms with Crippen molar-refractivity contribution in [1.82, 2.24) is 5.43 Å². The summed E-state index contributed by atoms with van der Waals surface area (Å²) in [6.07, 6.45) is 0. The van der Waals surface area contributed by atoms with Crippen molar-refractivity contribution >= 4 is 22.4 Å². The topological polar surface area (TPSA) is 69.2 Å². The molecule has 1 aliphatic rings. The average Bonchev–Trinajstić information content (AvgIpc) is 3.18. The van der Waals surface area contributed by atoms with Crippen LogP contribution >= 0.6 is 0 Å². The van der Waals surface area contributed by atoms with Gasteiger partial charge in [0.1, 0.15) is 5.75 Å². The van der Waals surface area contributed by atoms with Gasteiger partial charge in [0.05, 0.1) is 12.8 Å². The lowest BCUT2D eigenvalue weighted by atomic mass is 10.0. The Labute approximate surface area is 156 Å². The van der Waals surface area contributed by atoms with Gasteiger partial charge >= 0.3 is 0 Å². The van der Waals surface area contributed by atoms with Gasteiger partial charge in [0.15, 0.2) is 11.5 Å². The van der Waals surface area contributed by atoms with Gasteiger partial charge in [-0.3, -0.25) is 4.79 Å². The van der Waals surface area contributed by atoms with Crippen molar-refractivity contribution in [2.75, 3.05) is 13.9 Å². The van der Waals surface area contributed by atoms with Crippen molar-refractivity contribution in [2.24, 2.45) is 5.10 Å². The molecule has 3 aromatic rings. The van der Waals surface area contributed by atoms with Crippen molar-refractivity contribution in [3.8, 4) is 17.2 Å². The lowest BCUT2D eigenvalue weighted by molar-refractivity contribution is 0.0954. The highest BCUT2D eigenvalue weighted by atomic mass is 16.7. The number of hydrazone groups is 1.